The first kappa shape index (κ1) is 26.5. The van der Waals surface area contributed by atoms with E-state index in [-0.39, 0.29) is 19.7 Å². The molecule has 2 rings (SSSR count). The minimum Gasteiger partial charge on any atom is -0.461 e. The largest absolute Gasteiger partial charge is 0.461 e. The molecule has 2 atom stereocenters. The number of rotatable bonds is 4. The quantitative estimate of drug-likeness (QED) is 0.509. The van der Waals surface area contributed by atoms with Crippen LogP contribution in [0.4, 0.5) is 4.79 Å². The van der Waals surface area contributed by atoms with E-state index in [1.54, 1.807) is 41.5 Å². The van der Waals surface area contributed by atoms with Gasteiger partial charge in [0.1, 0.15) is 17.8 Å². The first-order chi connectivity index (χ1) is 14.4. The lowest BCUT2D eigenvalue weighted by atomic mass is 9.96. The lowest BCUT2D eigenvalue weighted by molar-refractivity contribution is -0.166. The molecule has 1 heterocycles. The van der Waals surface area contributed by atoms with Crippen molar-refractivity contribution in [2.45, 2.75) is 73.2 Å². The first-order valence-corrected chi connectivity index (χ1v) is 10.8. The zero-order chi connectivity index (χ0) is 23.8. The second-order valence-corrected chi connectivity index (χ2v) is 9.23. The first-order valence-electron chi connectivity index (χ1n) is 10.8. The lowest BCUT2D eigenvalue weighted by Crippen LogP contribution is -2.36. The van der Waals surface area contributed by atoms with Crippen LogP contribution < -0.4 is 0 Å². The molecule has 0 unspecified atom stereocenters. The monoisotopic (exact) mass is 435 g/mol. The van der Waals surface area contributed by atoms with Crippen LogP contribution in [0.2, 0.25) is 0 Å². The van der Waals surface area contributed by atoms with Gasteiger partial charge >= 0.3 is 18.0 Å². The van der Waals surface area contributed by atoms with Gasteiger partial charge in [0.05, 0.1) is 11.8 Å². The average molecular weight is 436 g/mol. The average Bonchev–Trinajstić information content (AvgIpc) is 3.12. The van der Waals surface area contributed by atoms with Crippen LogP contribution in [-0.2, 0) is 30.4 Å². The summed E-state index contributed by atoms with van der Waals surface area (Å²) in [5.74, 6) is -2.66. The summed E-state index contributed by atoms with van der Waals surface area (Å²) in [7, 11) is 0. The zero-order valence-corrected chi connectivity index (χ0v) is 20.1. The molecule has 1 aliphatic heterocycles. The third-order valence-corrected chi connectivity index (χ3v) is 4.21. The Kier molecular flexibility index (Phi) is 9.53. The van der Waals surface area contributed by atoms with Crippen molar-refractivity contribution in [1.29, 1.82) is 0 Å². The Morgan fingerprint density at radius 2 is 1.32 bits per heavy atom. The van der Waals surface area contributed by atoms with Crippen LogP contribution >= 0.6 is 0 Å². The fraction of sp³-hybridized carbons (Fsp3) is 0.625. The number of carbonyl (C=O) groups excluding carboxylic acids is 3. The van der Waals surface area contributed by atoms with Crippen LogP contribution in [0.1, 0.15) is 61.0 Å². The normalized spacial score (nSPS) is 18.5. The predicted octanol–water partition coefficient (Wildman–Crippen LogP) is 4.58. The molecule has 0 spiro atoms. The molecular formula is C24H37NO6. The van der Waals surface area contributed by atoms with Gasteiger partial charge in [0.25, 0.3) is 0 Å². The summed E-state index contributed by atoms with van der Waals surface area (Å²) in [6.45, 7) is 14.8. The van der Waals surface area contributed by atoms with Gasteiger partial charge in [-0.2, -0.15) is 0 Å². The van der Waals surface area contributed by atoms with Crippen molar-refractivity contribution >= 4 is 18.0 Å². The van der Waals surface area contributed by atoms with E-state index >= 15 is 0 Å². The van der Waals surface area contributed by atoms with Crippen molar-refractivity contribution in [2.75, 3.05) is 13.1 Å². The number of carbonyl (C=O) groups is 3. The van der Waals surface area contributed by atoms with Crippen LogP contribution in [-0.4, -0.2) is 47.2 Å². The lowest BCUT2D eigenvalue weighted by Gasteiger charge is -2.25. The zero-order valence-electron chi connectivity index (χ0n) is 20.1. The highest BCUT2D eigenvalue weighted by Crippen LogP contribution is 2.29. The molecule has 1 saturated heterocycles. The number of amides is 1. The van der Waals surface area contributed by atoms with Crippen molar-refractivity contribution < 1.29 is 28.6 Å². The molecule has 0 bridgehead atoms. The Hall–Kier alpha value is -2.57. The Bertz CT molecular complexity index is 733. The molecule has 1 aromatic rings. The summed E-state index contributed by atoms with van der Waals surface area (Å²) in [6.07, 6.45) is -0.565. The van der Waals surface area contributed by atoms with Crippen LogP contribution in [0.5, 0.6) is 0 Å². The van der Waals surface area contributed by atoms with E-state index in [0.717, 1.165) is 5.56 Å². The van der Waals surface area contributed by atoms with E-state index in [1.165, 1.54) is 4.90 Å². The van der Waals surface area contributed by atoms with E-state index < -0.39 is 41.1 Å². The van der Waals surface area contributed by atoms with E-state index in [2.05, 4.69) is 0 Å². The molecule has 1 amide bonds. The van der Waals surface area contributed by atoms with Gasteiger partial charge in [0, 0.05) is 13.1 Å². The van der Waals surface area contributed by atoms with Crippen LogP contribution in [0.15, 0.2) is 30.3 Å². The Labute approximate surface area is 186 Å². The number of likely N-dealkylation sites (tertiary alicyclic amines) is 1. The highest BCUT2D eigenvalue weighted by atomic mass is 16.6. The van der Waals surface area contributed by atoms with Gasteiger partial charge in [-0.3, -0.25) is 9.59 Å². The van der Waals surface area contributed by atoms with Gasteiger partial charge in [-0.15, -0.1) is 0 Å². The maximum atomic E-state index is 12.7. The third-order valence-electron chi connectivity index (χ3n) is 4.21. The number of ether oxygens (including phenoxy) is 3. The highest BCUT2D eigenvalue weighted by molar-refractivity contribution is 5.85. The van der Waals surface area contributed by atoms with Crippen LogP contribution in [0, 0.1) is 11.8 Å². The maximum absolute atomic E-state index is 12.7. The molecule has 0 aliphatic carbocycles. The fourth-order valence-corrected chi connectivity index (χ4v) is 2.97. The Balaban J connectivity index is 0.00000233. The molecule has 1 fully saturated rings. The van der Waals surface area contributed by atoms with Gasteiger partial charge in [-0.25, -0.2) is 4.79 Å². The van der Waals surface area contributed by atoms with E-state index in [4.69, 9.17) is 14.2 Å². The van der Waals surface area contributed by atoms with Gasteiger partial charge in [0.15, 0.2) is 0 Å². The minimum absolute atomic E-state index is 0.0481. The second kappa shape index (κ2) is 11.2. The highest BCUT2D eigenvalue weighted by Gasteiger charge is 2.47. The van der Waals surface area contributed by atoms with E-state index in [1.807, 2.05) is 44.2 Å². The van der Waals surface area contributed by atoms with Gasteiger partial charge in [-0.05, 0) is 47.1 Å². The molecule has 1 aromatic carbocycles. The third kappa shape index (κ3) is 8.99. The number of esters is 2. The fourth-order valence-electron chi connectivity index (χ4n) is 2.97. The SMILES string of the molecule is CC.CC(C)(C)OC(=O)[C@H]1CN(C(=O)OC(C)(C)C)C[C@@H]1C(=O)OCc1ccccc1. The maximum Gasteiger partial charge on any atom is 0.410 e. The summed E-state index contributed by atoms with van der Waals surface area (Å²) in [5.41, 5.74) is -0.532. The van der Waals surface area contributed by atoms with Gasteiger partial charge < -0.3 is 19.1 Å². The predicted molar refractivity (Wildman–Crippen MR) is 118 cm³/mol. The molecule has 174 valence electrons. The molecule has 7 nitrogen and oxygen atoms in total. The molecule has 7 heteroatoms. The molecule has 1 aliphatic rings. The van der Waals surface area contributed by atoms with Crippen molar-refractivity contribution in [3.8, 4) is 0 Å². The summed E-state index contributed by atoms with van der Waals surface area (Å²) < 4.78 is 16.3. The molecule has 31 heavy (non-hydrogen) atoms. The van der Waals surface area contributed by atoms with Crippen LogP contribution in [0.25, 0.3) is 0 Å². The summed E-state index contributed by atoms with van der Waals surface area (Å²) >= 11 is 0. The second-order valence-electron chi connectivity index (χ2n) is 9.23. The summed E-state index contributed by atoms with van der Waals surface area (Å²) in [6, 6.07) is 9.28. The molecule has 0 saturated carbocycles. The number of nitrogens with zero attached hydrogens (tertiary/aromatic N) is 1. The topological polar surface area (TPSA) is 82.1 Å². The molecular weight excluding hydrogens is 398 g/mol. The van der Waals surface area contributed by atoms with E-state index in [9.17, 15) is 14.4 Å². The Morgan fingerprint density at radius 1 is 0.839 bits per heavy atom. The van der Waals surface area contributed by atoms with Crippen molar-refractivity contribution in [3.05, 3.63) is 35.9 Å². The van der Waals surface area contributed by atoms with Crippen LogP contribution in [0.3, 0.4) is 0 Å². The number of hydrogen-bond acceptors (Lipinski definition) is 6. The van der Waals surface area contributed by atoms with Crippen molar-refractivity contribution in [2.24, 2.45) is 11.8 Å². The van der Waals surface area contributed by atoms with Gasteiger partial charge in [0.2, 0.25) is 0 Å². The number of benzene rings is 1. The Morgan fingerprint density at radius 3 is 1.81 bits per heavy atom. The van der Waals surface area contributed by atoms with Crippen molar-refractivity contribution in [1.82, 2.24) is 4.90 Å². The van der Waals surface area contributed by atoms with Gasteiger partial charge in [-0.1, -0.05) is 44.2 Å². The smallest absolute Gasteiger partial charge is 0.410 e. The molecule has 0 radical (unpaired) electrons. The van der Waals surface area contributed by atoms with E-state index in [0.29, 0.717) is 0 Å². The summed E-state index contributed by atoms with van der Waals surface area (Å²) in [4.78, 5) is 39.3. The minimum atomic E-state index is -0.805. The number of hydrogen-bond donors (Lipinski definition) is 0. The molecule has 0 N–H and O–H groups in total. The standard InChI is InChI=1S/C22H31NO6.C2H6/c1-21(2,3)28-19(25)17-13-23(20(26)29-22(4,5)6)12-16(17)18(24)27-14-15-10-8-7-9-11-15;1-2/h7-11,16-17H,12-14H2,1-6H3;1-2H3/t16-,17-;/m0./s1. The summed E-state index contributed by atoms with van der Waals surface area (Å²) in [5, 5.41) is 0. The van der Waals surface area contributed by atoms with Crippen molar-refractivity contribution in [3.63, 3.8) is 0 Å². The molecule has 0 aromatic heterocycles.